The molecule has 0 bridgehead atoms. The fourth-order valence-electron chi connectivity index (χ4n) is 3.56. The van der Waals surface area contributed by atoms with Crippen LogP contribution in [0.25, 0.3) is 0 Å². The van der Waals surface area contributed by atoms with E-state index in [1.54, 1.807) is 0 Å². The summed E-state index contributed by atoms with van der Waals surface area (Å²) in [6, 6.07) is 12.0. The van der Waals surface area contributed by atoms with E-state index in [2.05, 4.69) is 58.0 Å². The SMILES string of the molecule is CC(C)O[SiH](CCCOC1CCC(c2ccccc2)CC1)OC(C)C. The molecule has 0 atom stereocenters. The van der Waals surface area contributed by atoms with Crippen LogP contribution in [0.1, 0.15) is 71.3 Å². The van der Waals surface area contributed by atoms with Crippen LogP contribution in [-0.2, 0) is 13.6 Å². The Morgan fingerprint density at radius 1 is 0.920 bits per heavy atom. The van der Waals surface area contributed by atoms with E-state index in [1.165, 1.54) is 31.2 Å². The topological polar surface area (TPSA) is 27.7 Å². The van der Waals surface area contributed by atoms with E-state index in [0.29, 0.717) is 6.10 Å². The zero-order chi connectivity index (χ0) is 18.1. The summed E-state index contributed by atoms with van der Waals surface area (Å²) >= 11 is 0. The van der Waals surface area contributed by atoms with E-state index in [0.717, 1.165) is 25.0 Å². The van der Waals surface area contributed by atoms with E-state index in [4.69, 9.17) is 13.6 Å². The summed E-state index contributed by atoms with van der Waals surface area (Å²) in [5.41, 5.74) is 1.49. The molecule has 1 saturated carbocycles. The Hall–Kier alpha value is -0.683. The molecule has 0 spiro atoms. The van der Waals surface area contributed by atoms with Gasteiger partial charge in [0.15, 0.2) is 0 Å². The molecule has 1 aromatic carbocycles. The second kappa shape index (κ2) is 11.1. The predicted molar refractivity (Wildman–Crippen MR) is 106 cm³/mol. The zero-order valence-corrected chi connectivity index (χ0v) is 17.6. The highest BCUT2D eigenvalue weighted by Gasteiger charge is 2.23. The molecule has 0 amide bonds. The highest BCUT2D eigenvalue weighted by Crippen LogP contribution is 2.33. The van der Waals surface area contributed by atoms with Crippen LogP contribution in [0, 0.1) is 0 Å². The summed E-state index contributed by atoms with van der Waals surface area (Å²) in [5.74, 6) is 0.719. The Morgan fingerprint density at radius 2 is 1.52 bits per heavy atom. The van der Waals surface area contributed by atoms with Gasteiger partial charge in [-0.15, -0.1) is 0 Å². The lowest BCUT2D eigenvalue weighted by atomic mass is 9.83. The van der Waals surface area contributed by atoms with Gasteiger partial charge in [-0.25, -0.2) is 0 Å². The fourth-order valence-corrected chi connectivity index (χ4v) is 5.61. The second-order valence-electron chi connectivity index (χ2n) is 7.70. The van der Waals surface area contributed by atoms with Gasteiger partial charge in [0.2, 0.25) is 0 Å². The van der Waals surface area contributed by atoms with Crippen molar-refractivity contribution in [1.82, 2.24) is 0 Å². The van der Waals surface area contributed by atoms with E-state index in [1.807, 2.05) is 0 Å². The molecule has 142 valence electrons. The van der Waals surface area contributed by atoms with Gasteiger partial charge in [-0.05, 0) is 77.3 Å². The maximum absolute atomic E-state index is 6.14. The molecule has 1 aliphatic carbocycles. The molecule has 0 aromatic heterocycles. The fraction of sp³-hybridized carbons (Fsp3) is 0.714. The molecule has 3 nitrogen and oxygen atoms in total. The molecule has 1 fully saturated rings. The van der Waals surface area contributed by atoms with Crippen molar-refractivity contribution in [3.8, 4) is 0 Å². The number of hydrogen-bond acceptors (Lipinski definition) is 3. The minimum Gasteiger partial charge on any atom is -0.394 e. The summed E-state index contributed by atoms with van der Waals surface area (Å²) < 4.78 is 18.1. The lowest BCUT2D eigenvalue weighted by molar-refractivity contribution is 0.0237. The second-order valence-corrected chi connectivity index (χ2v) is 9.68. The molecule has 2 rings (SSSR count). The largest absolute Gasteiger partial charge is 0.394 e. The number of ether oxygens (including phenoxy) is 1. The molecule has 0 aliphatic heterocycles. The molecular formula is C21H36O3Si. The molecule has 0 radical (unpaired) electrons. The Balaban J connectivity index is 1.62. The lowest BCUT2D eigenvalue weighted by Gasteiger charge is -2.29. The van der Waals surface area contributed by atoms with Crippen molar-refractivity contribution in [1.29, 1.82) is 0 Å². The van der Waals surface area contributed by atoms with Crippen molar-refractivity contribution in [3.63, 3.8) is 0 Å². The van der Waals surface area contributed by atoms with Crippen LogP contribution in [0.4, 0.5) is 0 Å². The van der Waals surface area contributed by atoms with Crippen molar-refractivity contribution in [2.45, 2.75) is 90.1 Å². The molecule has 25 heavy (non-hydrogen) atoms. The maximum atomic E-state index is 6.14. The lowest BCUT2D eigenvalue weighted by Crippen LogP contribution is -2.30. The molecule has 1 aromatic rings. The summed E-state index contributed by atoms with van der Waals surface area (Å²) in [7, 11) is -1.55. The average Bonchev–Trinajstić information content (AvgIpc) is 2.59. The van der Waals surface area contributed by atoms with Gasteiger partial charge in [-0.2, -0.15) is 0 Å². The van der Waals surface area contributed by atoms with Crippen molar-refractivity contribution < 1.29 is 13.6 Å². The van der Waals surface area contributed by atoms with Crippen LogP contribution in [0.5, 0.6) is 0 Å². The molecule has 0 heterocycles. The summed E-state index contributed by atoms with van der Waals surface area (Å²) in [6.45, 7) is 9.19. The Bertz CT molecular complexity index is 445. The quantitative estimate of drug-likeness (QED) is 0.422. The molecule has 0 N–H and O–H groups in total. The first-order valence-electron chi connectivity index (χ1n) is 10.0. The van der Waals surface area contributed by atoms with Gasteiger partial charge in [0, 0.05) is 18.8 Å². The Labute approximate surface area is 155 Å². The Morgan fingerprint density at radius 3 is 2.08 bits per heavy atom. The first-order chi connectivity index (χ1) is 12.0. The van der Waals surface area contributed by atoms with Gasteiger partial charge in [-0.3, -0.25) is 0 Å². The third kappa shape index (κ3) is 8.03. The van der Waals surface area contributed by atoms with E-state index >= 15 is 0 Å². The van der Waals surface area contributed by atoms with Crippen LogP contribution in [0.15, 0.2) is 30.3 Å². The van der Waals surface area contributed by atoms with Gasteiger partial charge < -0.3 is 13.6 Å². The first-order valence-corrected chi connectivity index (χ1v) is 11.8. The normalized spacial score (nSPS) is 21.4. The van der Waals surface area contributed by atoms with Crippen molar-refractivity contribution in [3.05, 3.63) is 35.9 Å². The van der Waals surface area contributed by atoms with E-state index < -0.39 is 9.28 Å². The van der Waals surface area contributed by atoms with E-state index in [9.17, 15) is 0 Å². The Kier molecular flexibility index (Phi) is 9.17. The van der Waals surface area contributed by atoms with Gasteiger partial charge in [0.1, 0.15) is 0 Å². The van der Waals surface area contributed by atoms with Crippen LogP contribution >= 0.6 is 0 Å². The average molecular weight is 365 g/mol. The van der Waals surface area contributed by atoms with Crippen molar-refractivity contribution >= 4 is 9.28 Å². The van der Waals surface area contributed by atoms with E-state index in [-0.39, 0.29) is 12.2 Å². The minimum atomic E-state index is -1.55. The molecule has 4 heteroatoms. The van der Waals surface area contributed by atoms with Crippen LogP contribution in [0.2, 0.25) is 6.04 Å². The van der Waals surface area contributed by atoms with Gasteiger partial charge in [-0.1, -0.05) is 30.3 Å². The first kappa shape index (κ1) is 20.6. The van der Waals surface area contributed by atoms with Crippen LogP contribution in [-0.4, -0.2) is 34.2 Å². The third-order valence-electron chi connectivity index (χ3n) is 4.73. The van der Waals surface area contributed by atoms with Crippen LogP contribution in [0.3, 0.4) is 0 Å². The predicted octanol–water partition coefficient (Wildman–Crippen LogP) is 5.19. The number of benzene rings is 1. The highest BCUT2D eigenvalue weighted by molar-refractivity contribution is 6.44. The molecule has 0 unspecified atom stereocenters. The van der Waals surface area contributed by atoms with Crippen molar-refractivity contribution in [2.24, 2.45) is 0 Å². The van der Waals surface area contributed by atoms with Crippen LogP contribution < -0.4 is 0 Å². The monoisotopic (exact) mass is 364 g/mol. The molecule has 1 aliphatic rings. The third-order valence-corrected chi connectivity index (χ3v) is 7.31. The smallest absolute Gasteiger partial charge is 0.321 e. The number of hydrogen-bond donors (Lipinski definition) is 0. The van der Waals surface area contributed by atoms with Gasteiger partial charge in [0.05, 0.1) is 6.10 Å². The van der Waals surface area contributed by atoms with Gasteiger partial charge >= 0.3 is 9.28 Å². The maximum Gasteiger partial charge on any atom is 0.321 e. The summed E-state index contributed by atoms with van der Waals surface area (Å²) in [6.07, 6.45) is 6.87. The number of rotatable bonds is 10. The highest BCUT2D eigenvalue weighted by atomic mass is 28.3. The standard InChI is InChI=1S/C21H36O3Si/c1-17(2)23-25(24-18(3)4)16-8-15-22-21-13-11-20(12-14-21)19-9-6-5-7-10-19/h5-7,9-10,17-18,20-21,25H,8,11-16H2,1-4H3. The molecular weight excluding hydrogens is 328 g/mol. The molecule has 0 saturated heterocycles. The zero-order valence-electron chi connectivity index (χ0n) is 16.4. The van der Waals surface area contributed by atoms with Gasteiger partial charge in [0.25, 0.3) is 0 Å². The summed E-state index contributed by atoms with van der Waals surface area (Å²) in [4.78, 5) is 0. The van der Waals surface area contributed by atoms with Crippen molar-refractivity contribution in [2.75, 3.05) is 6.61 Å². The minimum absolute atomic E-state index is 0.254. The summed E-state index contributed by atoms with van der Waals surface area (Å²) in [5, 5.41) is 0.